The van der Waals surface area contributed by atoms with Crippen molar-refractivity contribution in [2.45, 2.75) is 46.0 Å². The molecule has 1 aliphatic carbocycles. The number of nitrogens with one attached hydrogen (secondary N) is 1. The Morgan fingerprint density at radius 3 is 2.78 bits per heavy atom. The van der Waals surface area contributed by atoms with Gasteiger partial charge in [0, 0.05) is 12.6 Å². The van der Waals surface area contributed by atoms with Gasteiger partial charge < -0.3 is 10.1 Å². The molecule has 0 saturated heterocycles. The minimum Gasteiger partial charge on any atom is -0.477 e. The zero-order valence-electron chi connectivity index (χ0n) is 11.4. The number of ether oxygens (including phenoxy) is 1. The van der Waals surface area contributed by atoms with Crippen LogP contribution in [0.4, 0.5) is 5.82 Å². The van der Waals surface area contributed by atoms with Gasteiger partial charge in [0.15, 0.2) is 0 Å². The summed E-state index contributed by atoms with van der Waals surface area (Å²) in [4.78, 5) is 8.64. The Morgan fingerprint density at radius 2 is 2.06 bits per heavy atom. The number of aromatic nitrogens is 2. The molecule has 1 saturated carbocycles. The van der Waals surface area contributed by atoms with Crippen molar-refractivity contribution in [3.05, 3.63) is 11.9 Å². The second-order valence-corrected chi connectivity index (χ2v) is 4.98. The van der Waals surface area contributed by atoms with E-state index in [9.17, 15) is 0 Å². The van der Waals surface area contributed by atoms with Gasteiger partial charge in [-0.3, -0.25) is 0 Å². The first-order chi connectivity index (χ1) is 8.78. The lowest BCUT2D eigenvalue weighted by Gasteiger charge is -2.21. The molecule has 0 aliphatic heterocycles. The fourth-order valence-electron chi connectivity index (χ4n) is 2.44. The number of hydrogen-bond donors (Lipinski definition) is 1. The highest BCUT2D eigenvalue weighted by atomic mass is 16.5. The number of hydrogen-bond acceptors (Lipinski definition) is 4. The molecule has 2 rings (SSSR count). The molecule has 100 valence electrons. The van der Waals surface area contributed by atoms with E-state index < -0.39 is 0 Å². The number of anilines is 1. The first-order valence-corrected chi connectivity index (χ1v) is 7.00. The molecule has 0 amide bonds. The Hall–Kier alpha value is -1.32. The maximum Gasteiger partial charge on any atom is 0.218 e. The second kappa shape index (κ2) is 6.57. The van der Waals surface area contributed by atoms with Gasteiger partial charge in [-0.2, -0.15) is 4.98 Å². The van der Waals surface area contributed by atoms with Crippen LogP contribution in [0.15, 0.2) is 6.07 Å². The van der Waals surface area contributed by atoms with Crippen LogP contribution in [0.1, 0.15) is 44.9 Å². The molecule has 1 fully saturated rings. The third-order valence-corrected chi connectivity index (χ3v) is 3.36. The first-order valence-electron chi connectivity index (χ1n) is 7.00. The van der Waals surface area contributed by atoms with E-state index in [0.29, 0.717) is 11.8 Å². The van der Waals surface area contributed by atoms with Crippen molar-refractivity contribution in [1.82, 2.24) is 9.97 Å². The van der Waals surface area contributed by atoms with E-state index in [4.69, 9.17) is 4.74 Å². The third kappa shape index (κ3) is 3.86. The van der Waals surface area contributed by atoms with Crippen molar-refractivity contribution in [3.63, 3.8) is 0 Å². The third-order valence-electron chi connectivity index (χ3n) is 3.36. The van der Waals surface area contributed by atoms with Crippen LogP contribution < -0.4 is 10.1 Å². The summed E-state index contributed by atoms with van der Waals surface area (Å²) in [7, 11) is 0. The van der Waals surface area contributed by atoms with E-state index in [2.05, 4.69) is 22.2 Å². The standard InChI is InChI=1S/C14H23N3O/c1-3-15-13-9-14(17-11(2)16-13)18-10-12-7-5-4-6-8-12/h9,12H,3-8,10H2,1-2H3,(H,15,16,17). The molecule has 0 spiro atoms. The topological polar surface area (TPSA) is 47.0 Å². The minimum atomic E-state index is 0.698. The van der Waals surface area contributed by atoms with E-state index in [1.807, 2.05) is 13.0 Å². The lowest BCUT2D eigenvalue weighted by atomic mass is 9.90. The lowest BCUT2D eigenvalue weighted by molar-refractivity contribution is 0.202. The Balaban J connectivity index is 1.91. The predicted molar refractivity (Wildman–Crippen MR) is 73.0 cm³/mol. The van der Waals surface area contributed by atoms with Crippen LogP contribution in [0, 0.1) is 12.8 Å². The van der Waals surface area contributed by atoms with Gasteiger partial charge in [-0.05, 0) is 32.6 Å². The molecule has 0 bridgehead atoms. The molecule has 18 heavy (non-hydrogen) atoms. The predicted octanol–water partition coefficient (Wildman–Crippen LogP) is 3.18. The summed E-state index contributed by atoms with van der Waals surface area (Å²) in [5, 5.41) is 3.20. The average molecular weight is 249 g/mol. The van der Waals surface area contributed by atoms with Crippen molar-refractivity contribution in [1.29, 1.82) is 0 Å². The zero-order chi connectivity index (χ0) is 12.8. The van der Waals surface area contributed by atoms with E-state index in [1.165, 1.54) is 32.1 Å². The maximum absolute atomic E-state index is 5.82. The van der Waals surface area contributed by atoms with Crippen molar-refractivity contribution < 1.29 is 4.74 Å². The number of aryl methyl sites for hydroxylation is 1. The molecule has 1 heterocycles. The smallest absolute Gasteiger partial charge is 0.218 e. The molecule has 1 aromatic heterocycles. The highest BCUT2D eigenvalue weighted by Crippen LogP contribution is 2.24. The van der Waals surface area contributed by atoms with Crippen molar-refractivity contribution in [3.8, 4) is 5.88 Å². The summed E-state index contributed by atoms with van der Waals surface area (Å²) < 4.78 is 5.82. The van der Waals surface area contributed by atoms with Crippen LogP contribution in [-0.2, 0) is 0 Å². The molecule has 0 aromatic carbocycles. The van der Waals surface area contributed by atoms with Crippen LogP contribution in [0.25, 0.3) is 0 Å². The van der Waals surface area contributed by atoms with Gasteiger partial charge in [0.1, 0.15) is 11.6 Å². The van der Waals surface area contributed by atoms with Crippen LogP contribution >= 0.6 is 0 Å². The van der Waals surface area contributed by atoms with Crippen LogP contribution in [-0.4, -0.2) is 23.1 Å². The zero-order valence-corrected chi connectivity index (χ0v) is 11.4. The van der Waals surface area contributed by atoms with E-state index in [0.717, 1.165) is 24.8 Å². The maximum atomic E-state index is 5.82. The highest BCUT2D eigenvalue weighted by molar-refractivity contribution is 5.38. The normalized spacial score (nSPS) is 16.6. The van der Waals surface area contributed by atoms with E-state index >= 15 is 0 Å². The van der Waals surface area contributed by atoms with E-state index in [-0.39, 0.29) is 0 Å². The monoisotopic (exact) mass is 249 g/mol. The Labute approximate surface area is 109 Å². The van der Waals surface area contributed by atoms with Crippen molar-refractivity contribution in [2.24, 2.45) is 5.92 Å². The van der Waals surface area contributed by atoms with E-state index in [1.54, 1.807) is 0 Å². The average Bonchev–Trinajstić information content (AvgIpc) is 2.37. The molecule has 0 atom stereocenters. The lowest BCUT2D eigenvalue weighted by Crippen LogP contribution is -2.16. The van der Waals surface area contributed by atoms with Crippen molar-refractivity contribution >= 4 is 5.82 Å². The highest BCUT2D eigenvalue weighted by Gasteiger charge is 2.14. The molecule has 0 radical (unpaired) electrons. The summed E-state index contributed by atoms with van der Waals surface area (Å²) in [5.41, 5.74) is 0. The molecular weight excluding hydrogens is 226 g/mol. The van der Waals surface area contributed by atoms with Gasteiger partial charge in [-0.25, -0.2) is 4.98 Å². The van der Waals surface area contributed by atoms with Gasteiger partial charge in [0.2, 0.25) is 5.88 Å². The molecule has 1 aromatic rings. The summed E-state index contributed by atoms with van der Waals surface area (Å²) in [6.45, 7) is 5.61. The molecular formula is C14H23N3O. The van der Waals surface area contributed by atoms with Gasteiger partial charge in [-0.1, -0.05) is 19.3 Å². The Kier molecular flexibility index (Phi) is 4.79. The molecule has 1 aliphatic rings. The molecule has 4 nitrogen and oxygen atoms in total. The van der Waals surface area contributed by atoms with Gasteiger partial charge >= 0.3 is 0 Å². The minimum absolute atomic E-state index is 0.698. The second-order valence-electron chi connectivity index (χ2n) is 4.98. The fourth-order valence-corrected chi connectivity index (χ4v) is 2.44. The number of rotatable bonds is 5. The van der Waals surface area contributed by atoms with Gasteiger partial charge in [0.05, 0.1) is 6.61 Å². The van der Waals surface area contributed by atoms with Crippen LogP contribution in [0.3, 0.4) is 0 Å². The van der Waals surface area contributed by atoms with Crippen molar-refractivity contribution in [2.75, 3.05) is 18.5 Å². The van der Waals surface area contributed by atoms with Gasteiger partial charge in [0.25, 0.3) is 0 Å². The summed E-state index contributed by atoms with van der Waals surface area (Å²) in [6, 6.07) is 1.89. The Bertz CT molecular complexity index is 375. The molecule has 0 unspecified atom stereocenters. The first kappa shape index (κ1) is 13.1. The summed E-state index contributed by atoms with van der Waals surface area (Å²) in [5.74, 6) is 3.01. The number of nitrogens with zero attached hydrogens (tertiary/aromatic N) is 2. The van der Waals surface area contributed by atoms with Crippen LogP contribution in [0.5, 0.6) is 5.88 Å². The quantitative estimate of drug-likeness (QED) is 0.870. The summed E-state index contributed by atoms with van der Waals surface area (Å²) in [6.07, 6.45) is 6.67. The molecule has 1 N–H and O–H groups in total. The Morgan fingerprint density at radius 1 is 1.28 bits per heavy atom. The van der Waals surface area contributed by atoms with Gasteiger partial charge in [-0.15, -0.1) is 0 Å². The fraction of sp³-hybridized carbons (Fsp3) is 0.714. The SMILES string of the molecule is CCNc1cc(OCC2CCCCC2)nc(C)n1. The summed E-state index contributed by atoms with van der Waals surface area (Å²) >= 11 is 0. The van der Waals surface area contributed by atoms with Crippen LogP contribution in [0.2, 0.25) is 0 Å². The molecule has 4 heteroatoms. The largest absolute Gasteiger partial charge is 0.477 e.